The number of thioether (sulfide) groups is 1. The molecular formula is C31H29N5O4S. The summed E-state index contributed by atoms with van der Waals surface area (Å²) in [5.41, 5.74) is 5.00. The van der Waals surface area contributed by atoms with Crippen molar-refractivity contribution >= 4 is 34.4 Å². The number of para-hydroxylation sites is 2. The van der Waals surface area contributed by atoms with Crippen LogP contribution in [-0.4, -0.2) is 42.4 Å². The summed E-state index contributed by atoms with van der Waals surface area (Å²) in [6.07, 6.45) is 5.03. The molecule has 0 aliphatic carbocycles. The third-order valence-electron chi connectivity index (χ3n) is 6.91. The molecule has 3 heterocycles. The quantitative estimate of drug-likeness (QED) is 0.238. The number of anilines is 1. The normalized spacial score (nSPS) is 18.8. The molecule has 0 bridgehead atoms. The first-order valence-electron chi connectivity index (χ1n) is 13.3. The molecule has 0 saturated carbocycles. The minimum Gasteiger partial charge on any atom is -0.392 e. The zero-order valence-corrected chi connectivity index (χ0v) is 23.2. The van der Waals surface area contributed by atoms with E-state index in [-0.39, 0.29) is 30.4 Å². The number of aliphatic hydroxyl groups is 1. The van der Waals surface area contributed by atoms with E-state index in [2.05, 4.69) is 20.3 Å². The molecule has 0 spiro atoms. The summed E-state index contributed by atoms with van der Waals surface area (Å²) < 4.78 is 14.8. The fraction of sp³-hybridized carbons (Fsp3) is 0.226. The van der Waals surface area contributed by atoms with Crippen molar-refractivity contribution in [2.24, 2.45) is 7.05 Å². The SMILES string of the molecule is Cn1ccnc1SCC1CC(c2ccc(CO)cc2)OC(c2ccc(NC(=O)c3cnc4ccccc4n3)cc2)O1. The Morgan fingerprint density at radius 2 is 1.76 bits per heavy atom. The number of fused-ring (bicyclic) bond motifs is 1. The van der Waals surface area contributed by atoms with Gasteiger partial charge in [0, 0.05) is 42.9 Å². The molecule has 1 aliphatic heterocycles. The number of aliphatic hydroxyl groups excluding tert-OH is 1. The maximum Gasteiger partial charge on any atom is 0.275 e. The van der Waals surface area contributed by atoms with Gasteiger partial charge in [0.15, 0.2) is 11.4 Å². The average Bonchev–Trinajstić information content (AvgIpc) is 3.44. The van der Waals surface area contributed by atoms with Gasteiger partial charge in [0.2, 0.25) is 0 Å². The molecule has 2 N–H and O–H groups in total. The second-order valence-corrected chi connectivity index (χ2v) is 10.8. The van der Waals surface area contributed by atoms with E-state index < -0.39 is 6.29 Å². The molecule has 1 aliphatic rings. The Bertz CT molecular complexity index is 1640. The fourth-order valence-corrected chi connectivity index (χ4v) is 5.62. The highest BCUT2D eigenvalue weighted by Crippen LogP contribution is 2.39. The maximum absolute atomic E-state index is 12.8. The number of aryl methyl sites for hydroxylation is 1. The summed E-state index contributed by atoms with van der Waals surface area (Å²) >= 11 is 1.65. The van der Waals surface area contributed by atoms with Crippen molar-refractivity contribution in [2.75, 3.05) is 11.1 Å². The second-order valence-electron chi connectivity index (χ2n) is 9.80. The number of ether oxygens (including phenoxy) is 2. The molecule has 41 heavy (non-hydrogen) atoms. The smallest absolute Gasteiger partial charge is 0.275 e. The molecule has 2 aromatic heterocycles. The number of rotatable bonds is 8. The van der Waals surface area contributed by atoms with E-state index in [1.807, 2.05) is 90.6 Å². The molecule has 5 aromatic rings. The van der Waals surface area contributed by atoms with Crippen LogP contribution in [0.4, 0.5) is 5.69 Å². The van der Waals surface area contributed by atoms with Gasteiger partial charge in [0.1, 0.15) is 5.69 Å². The Hall–Kier alpha value is -4.09. The van der Waals surface area contributed by atoms with E-state index in [1.165, 1.54) is 6.20 Å². The highest BCUT2D eigenvalue weighted by atomic mass is 32.2. The van der Waals surface area contributed by atoms with E-state index in [0.29, 0.717) is 17.6 Å². The Kier molecular flexibility index (Phi) is 8.06. The van der Waals surface area contributed by atoms with Crippen molar-refractivity contribution in [1.82, 2.24) is 19.5 Å². The largest absolute Gasteiger partial charge is 0.392 e. The maximum atomic E-state index is 12.8. The van der Waals surface area contributed by atoms with E-state index in [4.69, 9.17) is 9.47 Å². The van der Waals surface area contributed by atoms with Gasteiger partial charge < -0.3 is 24.5 Å². The predicted molar refractivity (Wildman–Crippen MR) is 156 cm³/mol. The standard InChI is InChI=1S/C31H29N5O4S/c1-36-15-14-32-31(36)41-19-24-16-28(21-8-6-20(18-37)7-9-21)40-30(39-24)22-10-12-23(13-11-22)34-29(38)27-17-33-25-4-2-3-5-26(25)35-27/h2-15,17,24,28,30,37H,16,18-19H2,1H3,(H,34,38). The topological polar surface area (TPSA) is 111 Å². The first-order valence-corrected chi connectivity index (χ1v) is 14.3. The molecule has 3 aromatic carbocycles. The number of imidazole rings is 1. The monoisotopic (exact) mass is 567 g/mol. The van der Waals surface area contributed by atoms with Gasteiger partial charge in [-0.2, -0.15) is 0 Å². The van der Waals surface area contributed by atoms with E-state index in [0.717, 1.165) is 33.1 Å². The van der Waals surface area contributed by atoms with Crippen molar-refractivity contribution in [3.8, 4) is 0 Å². The number of nitrogens with one attached hydrogen (secondary N) is 1. The zero-order chi connectivity index (χ0) is 28.2. The molecule has 3 unspecified atom stereocenters. The third kappa shape index (κ3) is 6.31. The lowest BCUT2D eigenvalue weighted by molar-refractivity contribution is -0.245. The lowest BCUT2D eigenvalue weighted by Gasteiger charge is -2.36. The first kappa shape index (κ1) is 27.1. The van der Waals surface area contributed by atoms with Crippen LogP contribution in [0.5, 0.6) is 0 Å². The van der Waals surface area contributed by atoms with Crippen molar-refractivity contribution < 1.29 is 19.4 Å². The highest BCUT2D eigenvalue weighted by Gasteiger charge is 2.32. The Labute approximate surface area is 241 Å². The second kappa shape index (κ2) is 12.2. The summed E-state index contributed by atoms with van der Waals surface area (Å²) in [6.45, 7) is -0.00318. The van der Waals surface area contributed by atoms with Crippen molar-refractivity contribution in [3.05, 3.63) is 114 Å². The lowest BCUT2D eigenvalue weighted by atomic mass is 10.0. The number of amides is 1. The lowest BCUT2D eigenvalue weighted by Crippen LogP contribution is -2.31. The van der Waals surface area contributed by atoms with Gasteiger partial charge in [-0.3, -0.25) is 9.78 Å². The Balaban J connectivity index is 1.17. The fourth-order valence-electron chi connectivity index (χ4n) is 4.67. The minimum atomic E-state index is -0.589. The predicted octanol–water partition coefficient (Wildman–Crippen LogP) is 5.45. The number of carbonyl (C=O) groups excluding carboxylic acids is 1. The number of carbonyl (C=O) groups is 1. The van der Waals surface area contributed by atoms with Gasteiger partial charge in [-0.25, -0.2) is 9.97 Å². The van der Waals surface area contributed by atoms with E-state index in [9.17, 15) is 9.90 Å². The zero-order valence-electron chi connectivity index (χ0n) is 22.4. The number of nitrogens with zero attached hydrogens (tertiary/aromatic N) is 4. The summed E-state index contributed by atoms with van der Waals surface area (Å²) in [5, 5.41) is 13.3. The molecule has 9 nitrogen and oxygen atoms in total. The van der Waals surface area contributed by atoms with Gasteiger partial charge in [0.05, 0.1) is 36.0 Å². The molecule has 0 radical (unpaired) electrons. The summed E-state index contributed by atoms with van der Waals surface area (Å²) in [6, 6.07) is 22.7. The van der Waals surface area contributed by atoms with Gasteiger partial charge in [-0.1, -0.05) is 60.3 Å². The summed E-state index contributed by atoms with van der Waals surface area (Å²) in [4.78, 5) is 26.0. The van der Waals surface area contributed by atoms with Crippen LogP contribution in [-0.2, 0) is 23.1 Å². The van der Waals surface area contributed by atoms with Gasteiger partial charge in [0.25, 0.3) is 5.91 Å². The molecular weight excluding hydrogens is 538 g/mol. The minimum absolute atomic E-state index is 0.00318. The van der Waals surface area contributed by atoms with Crippen LogP contribution in [0.25, 0.3) is 11.0 Å². The molecule has 3 atom stereocenters. The van der Waals surface area contributed by atoms with E-state index >= 15 is 0 Å². The number of aromatic nitrogens is 4. The molecule has 1 saturated heterocycles. The van der Waals surface area contributed by atoms with Crippen LogP contribution >= 0.6 is 11.8 Å². The van der Waals surface area contributed by atoms with Crippen molar-refractivity contribution in [2.45, 2.75) is 36.7 Å². The van der Waals surface area contributed by atoms with Crippen LogP contribution in [0, 0.1) is 0 Å². The Morgan fingerprint density at radius 3 is 2.49 bits per heavy atom. The van der Waals surface area contributed by atoms with Gasteiger partial charge in [-0.15, -0.1) is 0 Å². The molecule has 1 fully saturated rings. The van der Waals surface area contributed by atoms with Crippen LogP contribution in [0.3, 0.4) is 0 Å². The first-order chi connectivity index (χ1) is 20.1. The van der Waals surface area contributed by atoms with Crippen molar-refractivity contribution in [3.63, 3.8) is 0 Å². The van der Waals surface area contributed by atoms with Crippen LogP contribution in [0.2, 0.25) is 0 Å². The average molecular weight is 568 g/mol. The summed E-state index contributed by atoms with van der Waals surface area (Å²) in [7, 11) is 1.97. The van der Waals surface area contributed by atoms with Crippen LogP contribution in [0.1, 0.15) is 46.0 Å². The third-order valence-corrected chi connectivity index (χ3v) is 8.10. The molecule has 10 heteroatoms. The number of hydrogen-bond acceptors (Lipinski definition) is 8. The van der Waals surface area contributed by atoms with Gasteiger partial charge >= 0.3 is 0 Å². The molecule has 6 rings (SSSR count). The van der Waals surface area contributed by atoms with Crippen LogP contribution in [0.15, 0.2) is 96.5 Å². The molecule has 1 amide bonds. The number of hydrogen-bond donors (Lipinski definition) is 2. The highest BCUT2D eigenvalue weighted by molar-refractivity contribution is 7.99. The Morgan fingerprint density at radius 1 is 1.00 bits per heavy atom. The van der Waals surface area contributed by atoms with E-state index in [1.54, 1.807) is 18.0 Å². The van der Waals surface area contributed by atoms with Crippen molar-refractivity contribution in [1.29, 1.82) is 0 Å². The number of benzene rings is 3. The molecule has 208 valence electrons. The van der Waals surface area contributed by atoms with Gasteiger partial charge in [-0.05, 0) is 35.4 Å². The van der Waals surface area contributed by atoms with Crippen LogP contribution < -0.4 is 5.32 Å². The summed E-state index contributed by atoms with van der Waals surface area (Å²) in [5.74, 6) is 0.385.